The molecular weight excluding hydrogens is 356 g/mol. The number of ether oxygens (including phenoxy) is 2. The molecular formula is C22H24N2O4. The summed E-state index contributed by atoms with van der Waals surface area (Å²) in [6.45, 7) is 4.56. The average Bonchev–Trinajstić information content (AvgIpc) is 3.20. The molecule has 6 heteroatoms. The van der Waals surface area contributed by atoms with E-state index in [-0.39, 0.29) is 12.4 Å². The Kier molecular flexibility index (Phi) is 5.19. The van der Waals surface area contributed by atoms with Crippen LogP contribution in [0.15, 0.2) is 46.9 Å². The number of pyridine rings is 1. The molecule has 0 spiro atoms. The predicted octanol–water partition coefficient (Wildman–Crippen LogP) is 4.43. The van der Waals surface area contributed by atoms with Crippen LogP contribution in [0.1, 0.15) is 36.1 Å². The summed E-state index contributed by atoms with van der Waals surface area (Å²) in [5.41, 5.74) is 0.831. The van der Waals surface area contributed by atoms with E-state index in [1.54, 1.807) is 12.1 Å². The molecule has 28 heavy (non-hydrogen) atoms. The van der Waals surface area contributed by atoms with Crippen LogP contribution >= 0.6 is 0 Å². The van der Waals surface area contributed by atoms with Crippen molar-refractivity contribution in [3.8, 4) is 5.75 Å². The van der Waals surface area contributed by atoms with Crippen LogP contribution in [0.5, 0.6) is 5.75 Å². The smallest absolute Gasteiger partial charge is 0.373 e. The molecule has 4 rings (SSSR count). The normalized spacial score (nSPS) is 16.9. The number of methoxy groups -OCH3 is 1. The first-order valence-electron chi connectivity index (χ1n) is 9.58. The molecule has 1 aliphatic heterocycles. The van der Waals surface area contributed by atoms with Gasteiger partial charge >= 0.3 is 5.97 Å². The van der Waals surface area contributed by atoms with Crippen molar-refractivity contribution in [2.45, 2.75) is 26.4 Å². The van der Waals surface area contributed by atoms with E-state index in [2.05, 4.69) is 28.7 Å². The number of rotatable bonds is 5. The highest BCUT2D eigenvalue weighted by atomic mass is 16.5. The second kappa shape index (κ2) is 7.92. The summed E-state index contributed by atoms with van der Waals surface area (Å²) in [4.78, 5) is 18.8. The molecule has 3 heterocycles. The van der Waals surface area contributed by atoms with Gasteiger partial charge in [-0.05, 0) is 49.1 Å². The molecule has 0 saturated carbocycles. The number of fused-ring (bicyclic) bond motifs is 1. The molecule has 0 N–H and O–H groups in total. The highest BCUT2D eigenvalue weighted by molar-refractivity contribution is 5.86. The lowest BCUT2D eigenvalue weighted by atomic mass is 10.0. The molecule has 146 valence electrons. The number of piperidine rings is 1. The van der Waals surface area contributed by atoms with Crippen molar-refractivity contribution in [2.75, 3.05) is 25.1 Å². The fraction of sp³-hybridized carbons (Fsp3) is 0.364. The minimum absolute atomic E-state index is 0.165. The highest BCUT2D eigenvalue weighted by Gasteiger charge is 2.18. The second-order valence-corrected chi connectivity index (χ2v) is 7.24. The fourth-order valence-corrected chi connectivity index (χ4v) is 3.61. The number of anilines is 1. The minimum atomic E-state index is -0.501. The predicted molar refractivity (Wildman–Crippen MR) is 107 cm³/mol. The van der Waals surface area contributed by atoms with Crippen LogP contribution in [0.2, 0.25) is 0 Å². The van der Waals surface area contributed by atoms with Gasteiger partial charge in [0, 0.05) is 18.5 Å². The van der Waals surface area contributed by atoms with Crippen molar-refractivity contribution in [3.05, 3.63) is 54.0 Å². The summed E-state index contributed by atoms with van der Waals surface area (Å²) in [7, 11) is 1.32. The number of nitrogens with zero attached hydrogens (tertiary/aromatic N) is 2. The van der Waals surface area contributed by atoms with Crippen molar-refractivity contribution >= 4 is 22.7 Å². The molecule has 2 aromatic heterocycles. The van der Waals surface area contributed by atoms with Crippen molar-refractivity contribution < 1.29 is 18.7 Å². The van der Waals surface area contributed by atoms with E-state index in [1.807, 2.05) is 18.2 Å². The van der Waals surface area contributed by atoms with Gasteiger partial charge in [-0.25, -0.2) is 9.78 Å². The maximum absolute atomic E-state index is 11.5. The Hall–Kier alpha value is -3.02. The van der Waals surface area contributed by atoms with Gasteiger partial charge in [-0.15, -0.1) is 0 Å². The quantitative estimate of drug-likeness (QED) is 0.610. The maximum Gasteiger partial charge on any atom is 0.373 e. The number of furan rings is 1. The van der Waals surface area contributed by atoms with Gasteiger partial charge in [0.2, 0.25) is 5.76 Å². The van der Waals surface area contributed by atoms with E-state index in [4.69, 9.17) is 14.1 Å². The second-order valence-electron chi connectivity index (χ2n) is 7.24. The minimum Gasteiger partial charge on any atom is -0.483 e. The van der Waals surface area contributed by atoms with Gasteiger partial charge in [-0.2, -0.15) is 0 Å². The SMILES string of the molecule is COC(=O)c1ccc(COc2cccc3ccc(N4CCCC(C)C4)nc23)o1. The van der Waals surface area contributed by atoms with Crippen molar-refractivity contribution in [3.63, 3.8) is 0 Å². The summed E-state index contributed by atoms with van der Waals surface area (Å²) in [6.07, 6.45) is 2.47. The molecule has 1 saturated heterocycles. The molecule has 0 bridgehead atoms. The Morgan fingerprint density at radius 2 is 2.14 bits per heavy atom. The van der Waals surface area contributed by atoms with Crippen LogP contribution in [0.4, 0.5) is 5.82 Å². The third-order valence-electron chi connectivity index (χ3n) is 5.07. The zero-order valence-corrected chi connectivity index (χ0v) is 16.2. The zero-order valence-electron chi connectivity index (χ0n) is 16.2. The lowest BCUT2D eigenvalue weighted by Gasteiger charge is -2.32. The van der Waals surface area contributed by atoms with E-state index in [1.165, 1.54) is 20.0 Å². The van der Waals surface area contributed by atoms with E-state index in [0.717, 1.165) is 29.8 Å². The fourth-order valence-electron chi connectivity index (χ4n) is 3.61. The maximum atomic E-state index is 11.5. The Balaban J connectivity index is 1.55. The van der Waals surface area contributed by atoms with Crippen molar-refractivity contribution in [1.82, 2.24) is 4.98 Å². The summed E-state index contributed by atoms with van der Waals surface area (Å²) in [5.74, 6) is 2.58. The lowest BCUT2D eigenvalue weighted by molar-refractivity contribution is 0.0561. The summed E-state index contributed by atoms with van der Waals surface area (Å²) in [5, 5.41) is 1.03. The van der Waals surface area contributed by atoms with Crippen molar-refractivity contribution in [2.24, 2.45) is 5.92 Å². The van der Waals surface area contributed by atoms with E-state index < -0.39 is 5.97 Å². The van der Waals surface area contributed by atoms with E-state index in [0.29, 0.717) is 17.4 Å². The van der Waals surface area contributed by atoms with Gasteiger partial charge in [0.15, 0.2) is 0 Å². The Morgan fingerprint density at radius 3 is 2.96 bits per heavy atom. The number of aromatic nitrogens is 1. The Labute approximate surface area is 164 Å². The first-order chi connectivity index (χ1) is 13.6. The Morgan fingerprint density at radius 1 is 1.25 bits per heavy atom. The number of para-hydroxylation sites is 1. The first-order valence-corrected chi connectivity index (χ1v) is 9.58. The molecule has 1 aromatic carbocycles. The van der Waals surface area contributed by atoms with Gasteiger partial charge < -0.3 is 18.8 Å². The number of hydrogen-bond acceptors (Lipinski definition) is 6. The number of carbonyl (C=O) groups is 1. The van der Waals surface area contributed by atoms with Gasteiger partial charge in [0.05, 0.1) is 7.11 Å². The number of esters is 1. The lowest BCUT2D eigenvalue weighted by Crippen LogP contribution is -2.34. The standard InChI is InChI=1S/C22H24N2O4/c1-15-5-4-12-24(13-15)20-11-8-16-6-3-7-18(21(16)23-20)27-14-17-9-10-19(28-17)22(25)26-2/h3,6-11,15H,4-5,12-14H2,1-2H3. The topological polar surface area (TPSA) is 64.8 Å². The van der Waals surface area contributed by atoms with Crippen LogP contribution < -0.4 is 9.64 Å². The molecule has 3 aromatic rings. The average molecular weight is 380 g/mol. The molecule has 6 nitrogen and oxygen atoms in total. The van der Waals surface area contributed by atoms with Crippen LogP contribution in [-0.2, 0) is 11.3 Å². The highest BCUT2D eigenvalue weighted by Crippen LogP contribution is 2.29. The number of benzene rings is 1. The largest absolute Gasteiger partial charge is 0.483 e. The molecule has 1 unspecified atom stereocenters. The number of hydrogen-bond donors (Lipinski definition) is 0. The molecule has 1 aliphatic rings. The van der Waals surface area contributed by atoms with Crippen LogP contribution in [0.25, 0.3) is 10.9 Å². The molecule has 0 aliphatic carbocycles. The molecule has 1 fully saturated rings. The van der Waals surface area contributed by atoms with Gasteiger partial charge in [0.1, 0.15) is 29.5 Å². The molecule has 0 radical (unpaired) electrons. The third-order valence-corrected chi connectivity index (χ3v) is 5.07. The Bertz CT molecular complexity index is 982. The molecule has 1 atom stereocenters. The van der Waals surface area contributed by atoms with Crippen molar-refractivity contribution in [1.29, 1.82) is 0 Å². The number of carbonyl (C=O) groups excluding carboxylic acids is 1. The van der Waals surface area contributed by atoms with Crippen LogP contribution in [0, 0.1) is 5.92 Å². The molecule has 0 amide bonds. The zero-order chi connectivity index (χ0) is 19.5. The van der Waals surface area contributed by atoms with E-state index >= 15 is 0 Å². The van der Waals surface area contributed by atoms with E-state index in [9.17, 15) is 4.79 Å². The monoisotopic (exact) mass is 380 g/mol. The van der Waals surface area contributed by atoms with Gasteiger partial charge in [-0.1, -0.05) is 19.1 Å². The first kappa shape index (κ1) is 18.3. The van der Waals surface area contributed by atoms with Crippen LogP contribution in [-0.4, -0.2) is 31.2 Å². The van der Waals surface area contributed by atoms with Gasteiger partial charge in [0.25, 0.3) is 0 Å². The van der Waals surface area contributed by atoms with Gasteiger partial charge in [-0.3, -0.25) is 0 Å². The third kappa shape index (κ3) is 3.81. The summed E-state index contributed by atoms with van der Waals surface area (Å²) in [6, 6.07) is 13.4. The summed E-state index contributed by atoms with van der Waals surface area (Å²) >= 11 is 0. The van der Waals surface area contributed by atoms with Crippen LogP contribution in [0.3, 0.4) is 0 Å². The summed E-state index contributed by atoms with van der Waals surface area (Å²) < 4.78 is 16.1.